The fraction of sp³-hybridized carbons (Fsp3) is 0.0909. The Hall–Kier alpha value is -5.55. The van der Waals surface area contributed by atoms with E-state index in [9.17, 15) is 19.2 Å². The number of amides is 2. The molecule has 2 N–H and O–H groups in total. The van der Waals surface area contributed by atoms with E-state index >= 15 is 0 Å². The van der Waals surface area contributed by atoms with Gasteiger partial charge in [0.25, 0.3) is 11.8 Å². The number of hydrogen-bond acceptors (Lipinski definition) is 7. The molecule has 6 aromatic rings. The first-order valence-corrected chi connectivity index (χ1v) is 19.4. The second kappa shape index (κ2) is 19.7. The summed E-state index contributed by atoms with van der Waals surface area (Å²) in [5, 5.41) is 7.00. The van der Waals surface area contributed by atoms with Crippen molar-refractivity contribution in [2.75, 3.05) is 10.6 Å². The molecule has 0 unspecified atom stereocenters. The van der Waals surface area contributed by atoms with Crippen LogP contribution in [-0.2, 0) is 40.4 Å². The smallest absolute Gasteiger partial charge is 0.317 e. The van der Waals surface area contributed by atoms with Gasteiger partial charge in [0.1, 0.15) is 24.7 Å². The molecule has 0 heterocycles. The van der Waals surface area contributed by atoms with E-state index in [0.717, 1.165) is 11.1 Å². The van der Waals surface area contributed by atoms with Crippen LogP contribution in [0.3, 0.4) is 0 Å². The summed E-state index contributed by atoms with van der Waals surface area (Å²) >= 11 is 31.4. The Morgan fingerprint density at radius 2 is 0.914 bits per heavy atom. The van der Waals surface area contributed by atoms with Crippen LogP contribution in [0, 0.1) is 0 Å². The second-order valence-electron chi connectivity index (χ2n) is 12.7. The number of carbonyl (C=O) groups is 4. The van der Waals surface area contributed by atoms with E-state index < -0.39 is 23.8 Å². The zero-order valence-corrected chi connectivity index (χ0v) is 34.0. The lowest BCUT2D eigenvalue weighted by Gasteiger charge is -2.14. The molecule has 294 valence electrons. The normalized spacial score (nSPS) is 10.7. The van der Waals surface area contributed by atoms with Crippen LogP contribution < -0.4 is 20.1 Å². The minimum absolute atomic E-state index is 0.140. The largest absolute Gasteiger partial charge is 0.488 e. The molecule has 0 fully saturated rings. The van der Waals surface area contributed by atoms with Gasteiger partial charge < -0.3 is 24.8 Å². The highest BCUT2D eigenvalue weighted by atomic mass is 35.5. The van der Waals surface area contributed by atoms with Gasteiger partial charge in [-0.25, -0.2) is 0 Å². The number of nitrogens with one attached hydrogen (secondary N) is 2. The highest BCUT2D eigenvalue weighted by molar-refractivity contribution is 6.35. The Bertz CT molecular complexity index is 2500. The van der Waals surface area contributed by atoms with Gasteiger partial charge in [-0.1, -0.05) is 113 Å². The zero-order valence-electron chi connectivity index (χ0n) is 30.2. The van der Waals surface area contributed by atoms with Gasteiger partial charge in [0.2, 0.25) is 0 Å². The van der Waals surface area contributed by atoms with Gasteiger partial charge in [0, 0.05) is 15.1 Å². The number of rotatable bonds is 14. The first-order chi connectivity index (χ1) is 27.9. The molecule has 6 rings (SSSR count). The molecule has 0 aliphatic carbocycles. The van der Waals surface area contributed by atoms with Crippen molar-refractivity contribution >= 4 is 93.1 Å². The van der Waals surface area contributed by atoms with E-state index in [1.54, 1.807) is 54.6 Å². The molecular formula is C44H31Cl5N2O7. The SMILES string of the molecule is O=C(Cc1ccc(NC(=O)c2cc(Cl)ccc2OCc2ccccc2)c(Cl)c1)OC(=O)Cc1ccc(NC(=O)c2cc(Cl)ccc2OCc2cccc(Cl)c2)c(Cl)c1. The maximum Gasteiger partial charge on any atom is 0.317 e. The first kappa shape index (κ1) is 42.1. The molecule has 0 saturated heterocycles. The minimum Gasteiger partial charge on any atom is -0.488 e. The summed E-state index contributed by atoms with van der Waals surface area (Å²) in [5.74, 6) is -2.05. The molecule has 2 amide bonds. The summed E-state index contributed by atoms with van der Waals surface area (Å²) < 4.78 is 16.8. The van der Waals surface area contributed by atoms with Gasteiger partial charge in [0.15, 0.2) is 0 Å². The standard InChI is InChI=1S/C44H31Cl5N2O7/c45-30-8-4-7-29(17-30)25-57-40-16-12-32(47)23-34(40)44(55)51-38-14-10-28(19-36(38)49)21-42(53)58-41(52)20-27-9-13-37(35(48)18-27)50-43(54)33-22-31(46)11-15-39(33)56-24-26-5-2-1-3-6-26/h1-19,22-23H,20-21,24-25H2,(H,50,54)(H,51,55). The van der Waals surface area contributed by atoms with Crippen molar-refractivity contribution in [2.45, 2.75) is 26.1 Å². The maximum absolute atomic E-state index is 13.3. The highest BCUT2D eigenvalue weighted by Crippen LogP contribution is 2.30. The van der Waals surface area contributed by atoms with Crippen molar-refractivity contribution in [1.82, 2.24) is 0 Å². The topological polar surface area (TPSA) is 120 Å². The molecule has 9 nitrogen and oxygen atoms in total. The van der Waals surface area contributed by atoms with Crippen LogP contribution in [-0.4, -0.2) is 23.8 Å². The van der Waals surface area contributed by atoms with Gasteiger partial charge in [-0.05, 0) is 95.1 Å². The number of hydrogen-bond donors (Lipinski definition) is 2. The van der Waals surface area contributed by atoms with Gasteiger partial charge >= 0.3 is 11.9 Å². The molecule has 58 heavy (non-hydrogen) atoms. The summed E-state index contributed by atoms with van der Waals surface area (Å²) in [6.45, 7) is 0.405. The average Bonchev–Trinajstić information content (AvgIpc) is 3.19. The third-order valence-electron chi connectivity index (χ3n) is 8.38. The van der Waals surface area contributed by atoms with E-state index in [1.165, 1.54) is 36.4 Å². The summed E-state index contributed by atoms with van der Waals surface area (Å²) in [4.78, 5) is 52.0. The summed E-state index contributed by atoms with van der Waals surface area (Å²) in [6, 6.07) is 35.2. The number of halogens is 5. The molecule has 0 bridgehead atoms. The van der Waals surface area contributed by atoms with E-state index in [-0.39, 0.29) is 58.6 Å². The molecule has 0 saturated carbocycles. The molecule has 0 atom stereocenters. The lowest BCUT2D eigenvalue weighted by molar-refractivity contribution is -0.158. The number of anilines is 2. The lowest BCUT2D eigenvalue weighted by atomic mass is 10.1. The lowest BCUT2D eigenvalue weighted by Crippen LogP contribution is -2.17. The Morgan fingerprint density at radius 1 is 0.448 bits per heavy atom. The van der Waals surface area contributed by atoms with Gasteiger partial charge in [0.05, 0.1) is 45.4 Å². The number of benzene rings is 6. The van der Waals surface area contributed by atoms with Crippen LogP contribution in [0.5, 0.6) is 11.5 Å². The fourth-order valence-corrected chi connectivity index (χ4v) is 6.64. The van der Waals surface area contributed by atoms with E-state index in [2.05, 4.69) is 10.6 Å². The Kier molecular flexibility index (Phi) is 14.3. The van der Waals surface area contributed by atoms with Gasteiger partial charge in [-0.15, -0.1) is 0 Å². The van der Waals surface area contributed by atoms with E-state index in [4.69, 9.17) is 72.2 Å². The predicted molar refractivity (Wildman–Crippen MR) is 227 cm³/mol. The molecule has 0 spiro atoms. The average molecular weight is 877 g/mol. The van der Waals surface area contributed by atoms with Crippen molar-refractivity contribution in [1.29, 1.82) is 0 Å². The highest BCUT2D eigenvalue weighted by Gasteiger charge is 2.19. The molecule has 0 aromatic heterocycles. The fourth-order valence-electron chi connectivity index (χ4n) is 5.59. The molecule has 0 radical (unpaired) electrons. The quantitative estimate of drug-likeness (QED) is 0.0826. The third-order valence-corrected chi connectivity index (χ3v) is 9.71. The monoisotopic (exact) mass is 874 g/mol. The summed E-state index contributed by atoms with van der Waals surface area (Å²) in [5.41, 5.74) is 3.53. The Labute approximate surface area is 358 Å². The van der Waals surface area contributed by atoms with Crippen molar-refractivity contribution in [2.24, 2.45) is 0 Å². The van der Waals surface area contributed by atoms with Crippen LogP contribution in [0.1, 0.15) is 43.0 Å². The minimum atomic E-state index is -0.819. The van der Waals surface area contributed by atoms with Gasteiger partial charge in [-0.2, -0.15) is 0 Å². The van der Waals surface area contributed by atoms with Crippen molar-refractivity contribution in [3.63, 3.8) is 0 Å². The second-order valence-corrected chi connectivity index (χ2v) is 14.8. The van der Waals surface area contributed by atoms with Crippen LogP contribution >= 0.6 is 58.0 Å². The molecular weight excluding hydrogens is 846 g/mol. The number of ether oxygens (including phenoxy) is 3. The van der Waals surface area contributed by atoms with E-state index in [1.807, 2.05) is 36.4 Å². The van der Waals surface area contributed by atoms with Crippen LogP contribution in [0.2, 0.25) is 25.1 Å². The Balaban J connectivity index is 1.01. The number of carbonyl (C=O) groups excluding carboxylic acids is 4. The Morgan fingerprint density at radius 3 is 1.40 bits per heavy atom. The van der Waals surface area contributed by atoms with Crippen LogP contribution in [0.15, 0.2) is 127 Å². The summed E-state index contributed by atoms with van der Waals surface area (Å²) in [7, 11) is 0. The zero-order chi connectivity index (χ0) is 41.2. The van der Waals surface area contributed by atoms with Crippen molar-refractivity contribution in [3.8, 4) is 11.5 Å². The molecule has 14 heteroatoms. The first-order valence-electron chi connectivity index (χ1n) is 17.5. The maximum atomic E-state index is 13.3. The molecule has 0 aliphatic rings. The van der Waals surface area contributed by atoms with E-state index in [0.29, 0.717) is 37.7 Å². The van der Waals surface area contributed by atoms with Gasteiger partial charge in [-0.3, -0.25) is 19.2 Å². The van der Waals surface area contributed by atoms with Crippen molar-refractivity contribution in [3.05, 3.63) is 186 Å². The van der Waals surface area contributed by atoms with Crippen LogP contribution in [0.25, 0.3) is 0 Å². The molecule has 6 aromatic carbocycles. The molecule has 0 aliphatic heterocycles. The number of esters is 2. The van der Waals surface area contributed by atoms with Crippen molar-refractivity contribution < 1.29 is 33.4 Å². The predicted octanol–water partition coefficient (Wildman–Crippen LogP) is 11.5. The van der Waals surface area contributed by atoms with Crippen LogP contribution in [0.4, 0.5) is 11.4 Å². The third kappa shape index (κ3) is 11.8. The summed E-state index contributed by atoms with van der Waals surface area (Å²) in [6.07, 6.45) is -0.548.